The number of anilines is 1. The minimum absolute atomic E-state index is 0.244. The molecule has 0 radical (unpaired) electrons. The molecule has 3 N–H and O–H groups in total. The van der Waals surface area contributed by atoms with E-state index in [4.69, 9.17) is 5.73 Å². The van der Waals surface area contributed by atoms with Gasteiger partial charge in [0, 0.05) is 18.3 Å². The van der Waals surface area contributed by atoms with Crippen LogP contribution in [0, 0.1) is 0 Å². The molecule has 1 fully saturated rings. The molecule has 2 rings (SSSR count). The fraction of sp³-hybridized carbons (Fsp3) is 0.562. The molecular weight excluding hydrogens is 250 g/mol. The van der Waals surface area contributed by atoms with Crippen LogP contribution in [0.15, 0.2) is 30.3 Å². The van der Waals surface area contributed by atoms with Crippen LogP contribution in [0.1, 0.15) is 33.1 Å². The maximum atomic E-state index is 12.1. The summed E-state index contributed by atoms with van der Waals surface area (Å²) in [6, 6.07) is 10.4. The molecule has 1 unspecified atom stereocenters. The van der Waals surface area contributed by atoms with Crippen molar-refractivity contribution >= 4 is 11.6 Å². The lowest BCUT2D eigenvalue weighted by atomic mass is 9.89. The quantitative estimate of drug-likeness (QED) is 0.886. The Kier molecular flexibility index (Phi) is 4.65. The van der Waals surface area contributed by atoms with Crippen LogP contribution in [0.4, 0.5) is 5.69 Å². The molecule has 1 aromatic carbocycles. The first-order chi connectivity index (χ1) is 9.53. The van der Waals surface area contributed by atoms with Gasteiger partial charge in [-0.3, -0.25) is 4.79 Å². The maximum absolute atomic E-state index is 12.1. The van der Waals surface area contributed by atoms with E-state index in [0.29, 0.717) is 6.04 Å². The molecule has 20 heavy (non-hydrogen) atoms. The first-order valence-corrected chi connectivity index (χ1v) is 7.41. The average Bonchev–Trinajstić information content (AvgIpc) is 2.63. The number of amides is 1. The molecule has 1 heterocycles. The number of hydrogen-bond acceptors (Lipinski definition) is 3. The Morgan fingerprint density at radius 2 is 1.95 bits per heavy atom. The summed E-state index contributed by atoms with van der Waals surface area (Å²) in [6.07, 6.45) is 2.54. The molecule has 0 saturated carbocycles. The number of nitrogens with two attached hydrogens (primary N) is 1. The SMILES string of the molecule is CC(C)N1CCCC(Nc2ccccc2)(C(N)=O)CC1. The van der Waals surface area contributed by atoms with Crippen molar-refractivity contribution < 1.29 is 4.79 Å². The molecule has 0 aliphatic carbocycles. The average molecular weight is 275 g/mol. The molecule has 0 bridgehead atoms. The number of primary amides is 1. The first-order valence-electron chi connectivity index (χ1n) is 7.41. The summed E-state index contributed by atoms with van der Waals surface area (Å²) in [4.78, 5) is 14.5. The highest BCUT2D eigenvalue weighted by Gasteiger charge is 2.38. The van der Waals surface area contributed by atoms with Crippen LogP contribution in [0.5, 0.6) is 0 Å². The number of para-hydroxylation sites is 1. The highest BCUT2D eigenvalue weighted by Crippen LogP contribution is 2.27. The van der Waals surface area contributed by atoms with Crippen molar-refractivity contribution in [2.24, 2.45) is 5.73 Å². The van der Waals surface area contributed by atoms with Gasteiger partial charge in [0.1, 0.15) is 5.54 Å². The molecule has 1 amide bonds. The predicted molar refractivity (Wildman–Crippen MR) is 82.6 cm³/mol. The van der Waals surface area contributed by atoms with Crippen LogP contribution >= 0.6 is 0 Å². The van der Waals surface area contributed by atoms with Crippen LogP contribution in [0.3, 0.4) is 0 Å². The van der Waals surface area contributed by atoms with Gasteiger partial charge in [0.05, 0.1) is 0 Å². The number of benzene rings is 1. The normalized spacial score (nSPS) is 24.4. The Bertz CT molecular complexity index is 446. The zero-order valence-corrected chi connectivity index (χ0v) is 12.4. The van der Waals surface area contributed by atoms with E-state index in [1.54, 1.807) is 0 Å². The molecule has 1 aliphatic heterocycles. The third-order valence-corrected chi connectivity index (χ3v) is 4.23. The molecule has 4 heteroatoms. The molecule has 1 aliphatic rings. The second-order valence-electron chi connectivity index (χ2n) is 5.92. The number of likely N-dealkylation sites (tertiary alicyclic amines) is 1. The van der Waals surface area contributed by atoms with Gasteiger partial charge in [-0.05, 0) is 51.8 Å². The lowest BCUT2D eigenvalue weighted by Gasteiger charge is -2.32. The van der Waals surface area contributed by atoms with Crippen LogP contribution in [0.25, 0.3) is 0 Å². The maximum Gasteiger partial charge on any atom is 0.243 e. The number of rotatable bonds is 4. The van der Waals surface area contributed by atoms with E-state index in [-0.39, 0.29) is 5.91 Å². The summed E-state index contributed by atoms with van der Waals surface area (Å²) in [7, 11) is 0. The van der Waals surface area contributed by atoms with E-state index in [1.807, 2.05) is 30.3 Å². The van der Waals surface area contributed by atoms with Crippen molar-refractivity contribution in [2.75, 3.05) is 18.4 Å². The summed E-state index contributed by atoms with van der Waals surface area (Å²) in [5.74, 6) is -0.244. The third kappa shape index (κ3) is 3.31. The van der Waals surface area contributed by atoms with Gasteiger partial charge in [-0.25, -0.2) is 0 Å². The first kappa shape index (κ1) is 14.9. The van der Waals surface area contributed by atoms with E-state index in [9.17, 15) is 4.79 Å². The van der Waals surface area contributed by atoms with Gasteiger partial charge in [0.15, 0.2) is 0 Å². The topological polar surface area (TPSA) is 58.4 Å². The largest absolute Gasteiger partial charge is 0.371 e. The number of nitrogens with one attached hydrogen (secondary N) is 1. The van der Waals surface area contributed by atoms with E-state index in [1.165, 1.54) is 0 Å². The van der Waals surface area contributed by atoms with Crippen molar-refractivity contribution in [1.29, 1.82) is 0 Å². The van der Waals surface area contributed by atoms with Gasteiger partial charge in [-0.2, -0.15) is 0 Å². The van der Waals surface area contributed by atoms with Crippen LogP contribution in [0.2, 0.25) is 0 Å². The molecule has 1 saturated heterocycles. The summed E-state index contributed by atoms with van der Waals surface area (Å²) in [5.41, 5.74) is 6.06. The Morgan fingerprint density at radius 3 is 2.55 bits per heavy atom. The van der Waals surface area contributed by atoms with E-state index in [2.05, 4.69) is 24.1 Å². The van der Waals surface area contributed by atoms with Crippen molar-refractivity contribution in [3.8, 4) is 0 Å². The van der Waals surface area contributed by atoms with E-state index < -0.39 is 5.54 Å². The monoisotopic (exact) mass is 275 g/mol. The van der Waals surface area contributed by atoms with Gasteiger partial charge < -0.3 is 16.0 Å². The Balaban J connectivity index is 2.16. The number of carbonyl (C=O) groups is 1. The second kappa shape index (κ2) is 6.27. The molecule has 1 atom stereocenters. The molecule has 0 spiro atoms. The predicted octanol–water partition coefficient (Wildman–Crippen LogP) is 2.22. The van der Waals surface area contributed by atoms with Crippen molar-refractivity contribution in [1.82, 2.24) is 4.90 Å². The molecule has 1 aromatic rings. The summed E-state index contributed by atoms with van der Waals surface area (Å²) in [5, 5.41) is 3.39. The summed E-state index contributed by atoms with van der Waals surface area (Å²) >= 11 is 0. The standard InChI is InChI=1S/C16H25N3O/c1-13(2)19-11-6-9-16(10-12-19,15(17)20)18-14-7-4-3-5-8-14/h3-5,7-8,13,18H,6,9-12H2,1-2H3,(H2,17,20). The Hall–Kier alpha value is -1.55. The fourth-order valence-electron chi connectivity index (χ4n) is 2.90. The van der Waals surface area contributed by atoms with Gasteiger partial charge in [-0.1, -0.05) is 18.2 Å². The highest BCUT2D eigenvalue weighted by molar-refractivity contribution is 5.88. The highest BCUT2D eigenvalue weighted by atomic mass is 16.1. The molecular formula is C16H25N3O. The minimum atomic E-state index is -0.620. The molecule has 0 aromatic heterocycles. The fourth-order valence-corrected chi connectivity index (χ4v) is 2.90. The second-order valence-corrected chi connectivity index (χ2v) is 5.92. The van der Waals surface area contributed by atoms with Gasteiger partial charge in [0.25, 0.3) is 0 Å². The van der Waals surface area contributed by atoms with Gasteiger partial charge >= 0.3 is 0 Å². The molecule has 110 valence electrons. The van der Waals surface area contributed by atoms with Crippen LogP contribution < -0.4 is 11.1 Å². The van der Waals surface area contributed by atoms with Gasteiger partial charge in [-0.15, -0.1) is 0 Å². The number of carbonyl (C=O) groups excluding carboxylic acids is 1. The van der Waals surface area contributed by atoms with E-state index in [0.717, 1.165) is 38.0 Å². The zero-order valence-electron chi connectivity index (χ0n) is 12.4. The van der Waals surface area contributed by atoms with Gasteiger partial charge in [0.2, 0.25) is 5.91 Å². The van der Waals surface area contributed by atoms with Crippen molar-refractivity contribution in [3.05, 3.63) is 30.3 Å². The van der Waals surface area contributed by atoms with Crippen LogP contribution in [-0.2, 0) is 4.79 Å². The Labute approximate surface area is 121 Å². The number of nitrogens with zero attached hydrogens (tertiary/aromatic N) is 1. The zero-order chi connectivity index (χ0) is 14.6. The third-order valence-electron chi connectivity index (χ3n) is 4.23. The molecule has 4 nitrogen and oxygen atoms in total. The van der Waals surface area contributed by atoms with Crippen molar-refractivity contribution in [2.45, 2.75) is 44.7 Å². The summed E-state index contributed by atoms with van der Waals surface area (Å²) in [6.45, 7) is 6.33. The summed E-state index contributed by atoms with van der Waals surface area (Å²) < 4.78 is 0. The smallest absolute Gasteiger partial charge is 0.243 e. The minimum Gasteiger partial charge on any atom is -0.371 e. The number of hydrogen-bond donors (Lipinski definition) is 2. The van der Waals surface area contributed by atoms with Crippen molar-refractivity contribution in [3.63, 3.8) is 0 Å². The Morgan fingerprint density at radius 1 is 1.25 bits per heavy atom. The lowest BCUT2D eigenvalue weighted by molar-refractivity contribution is -0.122. The van der Waals surface area contributed by atoms with Crippen LogP contribution in [-0.4, -0.2) is 35.5 Å². The van der Waals surface area contributed by atoms with E-state index >= 15 is 0 Å². The lowest BCUT2D eigenvalue weighted by Crippen LogP contribution is -2.51.